The molecule has 1 aliphatic rings. The minimum absolute atomic E-state index is 0.0724. The molecule has 0 atom stereocenters. The number of anilines is 1. The highest BCUT2D eigenvalue weighted by atomic mass is 32.1. The number of aromatic nitrogens is 2. The largest absolute Gasteiger partial charge is 0.327 e. The Bertz CT molecular complexity index is 646. The fourth-order valence-corrected chi connectivity index (χ4v) is 3.41. The maximum absolute atomic E-state index is 12.3. The van der Waals surface area contributed by atoms with Crippen molar-refractivity contribution in [2.45, 2.75) is 26.7 Å². The smallest absolute Gasteiger partial charge is 0.279 e. The molecule has 1 aromatic carbocycles. The number of hydrogen-bond acceptors (Lipinski definition) is 4. The number of hydrogen-bond donors (Lipinski definition) is 2. The van der Waals surface area contributed by atoms with Crippen LogP contribution >= 0.6 is 11.7 Å². The van der Waals surface area contributed by atoms with E-state index in [0.717, 1.165) is 41.3 Å². The predicted octanol–water partition coefficient (Wildman–Crippen LogP) is 1.25. The van der Waals surface area contributed by atoms with Crippen LogP contribution in [0.2, 0.25) is 0 Å². The highest BCUT2D eigenvalue weighted by Crippen LogP contribution is 2.25. The summed E-state index contributed by atoms with van der Waals surface area (Å²) in [6.07, 6.45) is 2.43. The number of rotatable bonds is 3. The third-order valence-corrected chi connectivity index (χ3v) is 4.84. The van der Waals surface area contributed by atoms with E-state index in [4.69, 9.17) is 0 Å². The highest BCUT2D eigenvalue weighted by molar-refractivity contribution is 7.00. The van der Waals surface area contributed by atoms with Crippen molar-refractivity contribution >= 4 is 34.4 Å². The van der Waals surface area contributed by atoms with Gasteiger partial charge >= 0.3 is 0 Å². The SMILES string of the molecule is Cc1ccc2nsnc2c1NC(=O)C[NH+]1CCC(C)CC1. The predicted molar refractivity (Wildman–Crippen MR) is 84.7 cm³/mol. The molecule has 0 bridgehead atoms. The van der Waals surface area contributed by atoms with Crippen LogP contribution in [-0.2, 0) is 4.79 Å². The monoisotopic (exact) mass is 305 g/mol. The van der Waals surface area contributed by atoms with Gasteiger partial charge in [-0.25, -0.2) is 0 Å². The molecule has 2 N–H and O–H groups in total. The molecule has 1 aromatic heterocycles. The van der Waals surface area contributed by atoms with E-state index in [1.807, 2.05) is 19.1 Å². The van der Waals surface area contributed by atoms with Crippen LogP contribution in [0.5, 0.6) is 0 Å². The third kappa shape index (κ3) is 3.22. The lowest BCUT2D eigenvalue weighted by atomic mass is 9.99. The highest BCUT2D eigenvalue weighted by Gasteiger charge is 2.22. The molecule has 1 saturated heterocycles. The van der Waals surface area contributed by atoms with Gasteiger partial charge in [-0.15, -0.1) is 0 Å². The molecule has 0 aliphatic carbocycles. The molecule has 0 unspecified atom stereocenters. The molecule has 0 spiro atoms. The second kappa shape index (κ2) is 6.07. The molecular formula is C15H21N4OS+. The average molecular weight is 305 g/mol. The Morgan fingerprint density at radius 3 is 2.90 bits per heavy atom. The summed E-state index contributed by atoms with van der Waals surface area (Å²) >= 11 is 1.18. The van der Waals surface area contributed by atoms with Gasteiger partial charge in [-0.1, -0.05) is 13.0 Å². The van der Waals surface area contributed by atoms with E-state index in [-0.39, 0.29) is 5.91 Å². The van der Waals surface area contributed by atoms with Crippen molar-refractivity contribution in [1.82, 2.24) is 8.75 Å². The summed E-state index contributed by atoms with van der Waals surface area (Å²) in [7, 11) is 0. The molecule has 21 heavy (non-hydrogen) atoms. The first-order valence-electron chi connectivity index (χ1n) is 7.49. The molecule has 1 aliphatic heterocycles. The summed E-state index contributed by atoms with van der Waals surface area (Å²) in [5.74, 6) is 0.872. The van der Waals surface area contributed by atoms with Crippen molar-refractivity contribution in [1.29, 1.82) is 0 Å². The van der Waals surface area contributed by atoms with E-state index in [1.165, 1.54) is 29.5 Å². The number of fused-ring (bicyclic) bond motifs is 1. The summed E-state index contributed by atoms with van der Waals surface area (Å²) in [6.45, 7) is 7.01. The van der Waals surface area contributed by atoms with E-state index in [2.05, 4.69) is 21.0 Å². The summed E-state index contributed by atoms with van der Waals surface area (Å²) in [5, 5.41) is 3.04. The number of nitrogens with zero attached hydrogens (tertiary/aromatic N) is 2. The number of amides is 1. The van der Waals surface area contributed by atoms with Crippen LogP contribution in [0.3, 0.4) is 0 Å². The Balaban J connectivity index is 1.69. The average Bonchev–Trinajstić information content (AvgIpc) is 2.93. The second-order valence-corrected chi connectivity index (χ2v) is 6.58. The van der Waals surface area contributed by atoms with Gasteiger partial charge in [-0.2, -0.15) is 8.75 Å². The van der Waals surface area contributed by atoms with Crippen LogP contribution in [0.15, 0.2) is 12.1 Å². The Morgan fingerprint density at radius 1 is 1.38 bits per heavy atom. The van der Waals surface area contributed by atoms with Crippen molar-refractivity contribution in [3.05, 3.63) is 17.7 Å². The van der Waals surface area contributed by atoms with E-state index >= 15 is 0 Å². The Kier molecular flexibility index (Phi) is 4.17. The number of carbonyl (C=O) groups is 1. The summed E-state index contributed by atoms with van der Waals surface area (Å²) in [4.78, 5) is 13.7. The first-order chi connectivity index (χ1) is 10.1. The third-order valence-electron chi connectivity index (χ3n) is 4.29. The molecule has 2 aromatic rings. The molecule has 0 radical (unpaired) electrons. The molecule has 2 heterocycles. The van der Waals surface area contributed by atoms with Crippen LogP contribution in [0.25, 0.3) is 11.0 Å². The molecular weight excluding hydrogens is 284 g/mol. The van der Waals surface area contributed by atoms with Gasteiger partial charge in [0.25, 0.3) is 5.91 Å². The Hall–Kier alpha value is -1.53. The van der Waals surface area contributed by atoms with Crippen LogP contribution in [0.4, 0.5) is 5.69 Å². The molecule has 1 fully saturated rings. The lowest BCUT2D eigenvalue weighted by molar-refractivity contribution is -0.897. The van der Waals surface area contributed by atoms with E-state index in [9.17, 15) is 4.79 Å². The lowest BCUT2D eigenvalue weighted by Gasteiger charge is -2.26. The molecule has 0 saturated carbocycles. The summed E-state index contributed by atoms with van der Waals surface area (Å²) in [6, 6.07) is 3.93. The molecule has 1 amide bonds. The topological polar surface area (TPSA) is 59.3 Å². The van der Waals surface area contributed by atoms with Gasteiger partial charge < -0.3 is 10.2 Å². The van der Waals surface area contributed by atoms with Gasteiger partial charge in [-0.3, -0.25) is 4.79 Å². The van der Waals surface area contributed by atoms with Gasteiger partial charge in [0.1, 0.15) is 11.0 Å². The number of quaternary nitrogens is 1. The number of likely N-dealkylation sites (tertiary alicyclic amines) is 1. The molecule has 5 nitrogen and oxygen atoms in total. The number of benzene rings is 1. The fourth-order valence-electron chi connectivity index (χ4n) is 2.87. The zero-order chi connectivity index (χ0) is 14.8. The first-order valence-corrected chi connectivity index (χ1v) is 8.22. The number of nitrogens with one attached hydrogen (secondary N) is 2. The van der Waals surface area contributed by atoms with E-state index < -0.39 is 0 Å². The number of piperidine rings is 1. The maximum Gasteiger partial charge on any atom is 0.279 e. The zero-order valence-electron chi connectivity index (χ0n) is 12.5. The van der Waals surface area contributed by atoms with Crippen LogP contribution in [0.1, 0.15) is 25.3 Å². The maximum atomic E-state index is 12.3. The van der Waals surface area contributed by atoms with Gasteiger partial charge in [-0.05, 0) is 37.3 Å². The van der Waals surface area contributed by atoms with Crippen molar-refractivity contribution in [2.75, 3.05) is 25.0 Å². The van der Waals surface area contributed by atoms with Gasteiger partial charge in [0.2, 0.25) is 0 Å². The van der Waals surface area contributed by atoms with E-state index in [0.29, 0.717) is 6.54 Å². The zero-order valence-corrected chi connectivity index (χ0v) is 13.3. The molecule has 3 rings (SSSR count). The normalized spacial score (nSPS) is 22.4. The number of aryl methyl sites for hydroxylation is 1. The Morgan fingerprint density at radius 2 is 2.14 bits per heavy atom. The van der Waals surface area contributed by atoms with Crippen molar-refractivity contribution in [2.24, 2.45) is 5.92 Å². The first kappa shape index (κ1) is 14.4. The Labute approximate surface area is 128 Å². The summed E-state index contributed by atoms with van der Waals surface area (Å²) < 4.78 is 8.52. The quantitative estimate of drug-likeness (QED) is 0.897. The second-order valence-electron chi connectivity index (χ2n) is 6.05. The summed E-state index contributed by atoms with van der Waals surface area (Å²) in [5.41, 5.74) is 3.50. The van der Waals surface area contributed by atoms with Gasteiger partial charge in [0.15, 0.2) is 6.54 Å². The van der Waals surface area contributed by atoms with Crippen molar-refractivity contribution in [3.63, 3.8) is 0 Å². The van der Waals surface area contributed by atoms with Gasteiger partial charge in [0.05, 0.1) is 30.5 Å². The van der Waals surface area contributed by atoms with Crippen molar-refractivity contribution in [3.8, 4) is 0 Å². The van der Waals surface area contributed by atoms with Crippen LogP contribution in [0, 0.1) is 12.8 Å². The van der Waals surface area contributed by atoms with Gasteiger partial charge in [0, 0.05) is 0 Å². The van der Waals surface area contributed by atoms with E-state index in [1.54, 1.807) is 0 Å². The fraction of sp³-hybridized carbons (Fsp3) is 0.533. The minimum Gasteiger partial charge on any atom is -0.327 e. The molecule has 112 valence electrons. The van der Waals surface area contributed by atoms with Crippen LogP contribution < -0.4 is 10.2 Å². The standard InChI is InChI=1S/C15H20N4OS/c1-10-5-7-19(8-6-10)9-13(20)16-14-11(2)3-4-12-15(14)18-21-17-12/h3-4,10H,5-9H2,1-2H3,(H,16,20)/p+1. The lowest BCUT2D eigenvalue weighted by Crippen LogP contribution is -3.14. The van der Waals surface area contributed by atoms with Crippen molar-refractivity contribution < 1.29 is 9.69 Å². The minimum atomic E-state index is 0.0724. The molecule has 6 heteroatoms. The van der Waals surface area contributed by atoms with Crippen LogP contribution in [-0.4, -0.2) is 34.3 Å². The number of carbonyl (C=O) groups excluding carboxylic acids is 1.